The second kappa shape index (κ2) is 4.49. The van der Waals surface area contributed by atoms with Crippen LogP contribution in [0.2, 0.25) is 0 Å². The summed E-state index contributed by atoms with van der Waals surface area (Å²) in [7, 11) is 0. The lowest BCUT2D eigenvalue weighted by Crippen LogP contribution is -2.00. The van der Waals surface area contributed by atoms with Crippen LogP contribution in [0.25, 0.3) is 11.1 Å². The maximum Gasteiger partial charge on any atom is 0.335 e. The molecule has 4 heteroatoms. The molecule has 0 aliphatic carbocycles. The second-order valence-corrected chi connectivity index (χ2v) is 3.98. The van der Waals surface area contributed by atoms with Crippen LogP contribution in [-0.2, 0) is 0 Å². The van der Waals surface area contributed by atoms with Crippen molar-refractivity contribution in [2.75, 3.05) is 0 Å². The SMILES string of the molecule is Cc1c(C(=O)O)cccc1-c1cc(O)cc(F)c1. The maximum atomic E-state index is 13.2. The van der Waals surface area contributed by atoms with Gasteiger partial charge in [0.1, 0.15) is 11.6 Å². The number of phenolic OH excluding ortho intramolecular Hbond substituents is 1. The number of carboxylic acid groups (broad SMARTS) is 1. The molecule has 2 aromatic rings. The normalized spacial score (nSPS) is 10.3. The number of hydrogen-bond donors (Lipinski definition) is 2. The van der Waals surface area contributed by atoms with Gasteiger partial charge in [-0.25, -0.2) is 9.18 Å². The van der Waals surface area contributed by atoms with Crippen molar-refractivity contribution < 1.29 is 19.4 Å². The Morgan fingerprint density at radius 1 is 1.22 bits per heavy atom. The molecule has 0 amide bonds. The lowest BCUT2D eigenvalue weighted by molar-refractivity contribution is 0.0696. The molecule has 0 aliphatic heterocycles. The number of aromatic carboxylic acids is 1. The van der Waals surface area contributed by atoms with Crippen LogP contribution >= 0.6 is 0 Å². The van der Waals surface area contributed by atoms with Crippen LogP contribution < -0.4 is 0 Å². The van der Waals surface area contributed by atoms with Crippen molar-refractivity contribution in [1.82, 2.24) is 0 Å². The Labute approximate surface area is 103 Å². The summed E-state index contributed by atoms with van der Waals surface area (Å²) in [5.74, 6) is -1.79. The summed E-state index contributed by atoms with van der Waals surface area (Å²) in [5.41, 5.74) is 1.74. The van der Waals surface area contributed by atoms with Gasteiger partial charge in [0, 0.05) is 6.07 Å². The average Bonchev–Trinajstić information content (AvgIpc) is 2.27. The lowest BCUT2D eigenvalue weighted by atomic mass is 9.96. The van der Waals surface area contributed by atoms with Crippen LogP contribution in [-0.4, -0.2) is 16.2 Å². The minimum atomic E-state index is -1.03. The highest BCUT2D eigenvalue weighted by molar-refractivity contribution is 5.92. The van der Waals surface area contributed by atoms with Gasteiger partial charge in [-0.2, -0.15) is 0 Å². The van der Waals surface area contributed by atoms with E-state index in [4.69, 9.17) is 5.11 Å². The molecular formula is C14H11FO3. The van der Waals surface area contributed by atoms with Crippen molar-refractivity contribution in [2.24, 2.45) is 0 Å². The summed E-state index contributed by atoms with van der Waals surface area (Å²) in [6.07, 6.45) is 0. The van der Waals surface area contributed by atoms with Gasteiger partial charge in [0.25, 0.3) is 0 Å². The van der Waals surface area contributed by atoms with Crippen molar-refractivity contribution in [1.29, 1.82) is 0 Å². The Hall–Kier alpha value is -2.36. The largest absolute Gasteiger partial charge is 0.508 e. The first kappa shape index (κ1) is 12.1. The molecule has 2 rings (SSSR count). The number of phenols is 1. The van der Waals surface area contributed by atoms with Gasteiger partial charge in [-0.1, -0.05) is 12.1 Å². The molecule has 0 spiro atoms. The molecule has 0 radical (unpaired) electrons. The highest BCUT2D eigenvalue weighted by Gasteiger charge is 2.12. The average molecular weight is 246 g/mol. The van der Waals surface area contributed by atoms with Gasteiger partial charge < -0.3 is 10.2 Å². The lowest BCUT2D eigenvalue weighted by Gasteiger charge is -2.09. The van der Waals surface area contributed by atoms with Gasteiger partial charge in [-0.3, -0.25) is 0 Å². The molecule has 0 fully saturated rings. The molecule has 2 N–H and O–H groups in total. The van der Waals surface area contributed by atoms with Crippen molar-refractivity contribution in [3.8, 4) is 16.9 Å². The number of rotatable bonds is 2. The van der Waals surface area contributed by atoms with Gasteiger partial charge in [-0.05, 0) is 41.8 Å². The zero-order valence-corrected chi connectivity index (χ0v) is 9.64. The monoisotopic (exact) mass is 246 g/mol. The van der Waals surface area contributed by atoms with E-state index in [2.05, 4.69) is 0 Å². The highest BCUT2D eigenvalue weighted by atomic mass is 19.1. The summed E-state index contributed by atoms with van der Waals surface area (Å²) in [5, 5.41) is 18.4. The van der Waals surface area contributed by atoms with Crippen molar-refractivity contribution in [3.63, 3.8) is 0 Å². The first-order valence-corrected chi connectivity index (χ1v) is 5.32. The van der Waals surface area contributed by atoms with E-state index >= 15 is 0 Å². The fraction of sp³-hybridized carbons (Fsp3) is 0.0714. The van der Waals surface area contributed by atoms with E-state index in [9.17, 15) is 14.3 Å². The van der Waals surface area contributed by atoms with E-state index in [0.29, 0.717) is 16.7 Å². The van der Waals surface area contributed by atoms with Crippen LogP contribution in [0, 0.1) is 12.7 Å². The predicted molar refractivity (Wildman–Crippen MR) is 65.2 cm³/mol. The minimum Gasteiger partial charge on any atom is -0.508 e. The Morgan fingerprint density at radius 2 is 1.94 bits per heavy atom. The Balaban J connectivity index is 2.64. The van der Waals surface area contributed by atoms with E-state index in [-0.39, 0.29) is 11.3 Å². The van der Waals surface area contributed by atoms with Crippen LogP contribution in [0.3, 0.4) is 0 Å². The van der Waals surface area contributed by atoms with E-state index in [1.54, 1.807) is 19.1 Å². The summed E-state index contributed by atoms with van der Waals surface area (Å²) < 4.78 is 13.2. The van der Waals surface area contributed by atoms with Gasteiger partial charge in [0.2, 0.25) is 0 Å². The molecule has 0 aliphatic rings. The molecule has 92 valence electrons. The highest BCUT2D eigenvalue weighted by Crippen LogP contribution is 2.29. The summed E-state index contributed by atoms with van der Waals surface area (Å²) in [4.78, 5) is 11.0. The van der Waals surface area contributed by atoms with Crippen molar-refractivity contribution in [2.45, 2.75) is 6.92 Å². The Bertz CT molecular complexity index is 600. The third-order valence-electron chi connectivity index (χ3n) is 2.76. The molecule has 0 saturated heterocycles. The molecule has 0 atom stereocenters. The summed E-state index contributed by atoms with van der Waals surface area (Å²) in [6, 6.07) is 8.43. The summed E-state index contributed by atoms with van der Waals surface area (Å²) in [6.45, 7) is 1.65. The number of aromatic hydroxyl groups is 1. The standard InChI is InChI=1S/C14H11FO3/c1-8-12(3-2-4-13(8)14(17)18)9-5-10(15)7-11(16)6-9/h2-7,16H,1H3,(H,17,18). The fourth-order valence-corrected chi connectivity index (χ4v) is 1.91. The number of hydrogen-bond acceptors (Lipinski definition) is 2. The first-order valence-electron chi connectivity index (χ1n) is 5.32. The molecule has 0 aromatic heterocycles. The fourth-order valence-electron chi connectivity index (χ4n) is 1.91. The van der Waals surface area contributed by atoms with Gasteiger partial charge in [-0.15, -0.1) is 0 Å². The molecule has 18 heavy (non-hydrogen) atoms. The van der Waals surface area contributed by atoms with Gasteiger partial charge in [0.15, 0.2) is 0 Å². The van der Waals surface area contributed by atoms with E-state index in [0.717, 1.165) is 6.07 Å². The van der Waals surface area contributed by atoms with Gasteiger partial charge >= 0.3 is 5.97 Å². The molecule has 0 bridgehead atoms. The van der Waals surface area contributed by atoms with Crippen LogP contribution in [0.5, 0.6) is 5.75 Å². The molecule has 0 heterocycles. The molecule has 0 saturated carbocycles. The van der Waals surface area contributed by atoms with Gasteiger partial charge in [0.05, 0.1) is 5.56 Å². The van der Waals surface area contributed by atoms with E-state index in [1.807, 2.05) is 0 Å². The molecular weight excluding hydrogens is 235 g/mol. The van der Waals surface area contributed by atoms with Crippen molar-refractivity contribution in [3.05, 3.63) is 53.3 Å². The van der Waals surface area contributed by atoms with E-state index in [1.165, 1.54) is 18.2 Å². The third-order valence-corrected chi connectivity index (χ3v) is 2.76. The topological polar surface area (TPSA) is 57.5 Å². The quantitative estimate of drug-likeness (QED) is 0.855. The van der Waals surface area contributed by atoms with Crippen LogP contribution in [0.4, 0.5) is 4.39 Å². The smallest absolute Gasteiger partial charge is 0.335 e. The Morgan fingerprint density at radius 3 is 2.56 bits per heavy atom. The first-order chi connectivity index (χ1) is 8.49. The number of carboxylic acids is 1. The van der Waals surface area contributed by atoms with E-state index < -0.39 is 11.8 Å². The number of carbonyl (C=O) groups is 1. The van der Waals surface area contributed by atoms with Crippen molar-refractivity contribution >= 4 is 5.97 Å². The number of benzene rings is 2. The number of halogens is 1. The predicted octanol–water partition coefficient (Wildman–Crippen LogP) is 3.20. The molecule has 2 aromatic carbocycles. The third kappa shape index (κ3) is 2.18. The Kier molecular flexibility index (Phi) is 3.02. The second-order valence-electron chi connectivity index (χ2n) is 3.98. The van der Waals surface area contributed by atoms with Crippen LogP contribution in [0.15, 0.2) is 36.4 Å². The molecule has 0 unspecified atom stereocenters. The minimum absolute atomic E-state index is 0.163. The summed E-state index contributed by atoms with van der Waals surface area (Å²) >= 11 is 0. The van der Waals surface area contributed by atoms with Crippen LogP contribution in [0.1, 0.15) is 15.9 Å². The molecule has 3 nitrogen and oxygen atoms in total. The zero-order chi connectivity index (χ0) is 13.3. The maximum absolute atomic E-state index is 13.2. The zero-order valence-electron chi connectivity index (χ0n) is 9.64.